The first kappa shape index (κ1) is 23.4. The van der Waals surface area contributed by atoms with Crippen molar-refractivity contribution in [1.29, 1.82) is 0 Å². The first-order valence-electron chi connectivity index (χ1n) is 12.6. The molecule has 0 radical (unpaired) electrons. The molecule has 2 bridgehead atoms. The second-order valence-corrected chi connectivity index (χ2v) is 11.7. The lowest BCUT2D eigenvalue weighted by Gasteiger charge is -2.39. The zero-order valence-corrected chi connectivity index (χ0v) is 21.4. The van der Waals surface area contributed by atoms with E-state index in [2.05, 4.69) is 33.9 Å². The van der Waals surface area contributed by atoms with Crippen molar-refractivity contribution < 1.29 is 9.53 Å². The van der Waals surface area contributed by atoms with E-state index in [1.165, 1.54) is 12.8 Å². The smallest absolute Gasteiger partial charge is 0.407 e. The summed E-state index contributed by atoms with van der Waals surface area (Å²) in [4.78, 5) is 21.8. The number of benzene rings is 1. The van der Waals surface area contributed by atoms with E-state index < -0.39 is 5.60 Å². The molecule has 6 nitrogen and oxygen atoms in total. The van der Waals surface area contributed by atoms with E-state index in [0.29, 0.717) is 23.5 Å². The molecule has 1 N–H and O–H groups in total. The number of imidazole rings is 1. The Morgan fingerprint density at radius 1 is 1.24 bits per heavy atom. The lowest BCUT2D eigenvalue weighted by molar-refractivity contribution is 0.0515. The Morgan fingerprint density at radius 2 is 2.00 bits per heavy atom. The molecule has 7 heteroatoms. The maximum Gasteiger partial charge on any atom is 0.407 e. The fourth-order valence-corrected chi connectivity index (χ4v) is 6.34. The zero-order valence-electron chi connectivity index (χ0n) is 20.7. The summed E-state index contributed by atoms with van der Waals surface area (Å²) in [5.74, 6) is 2.29. The normalized spacial score (nSPS) is 23.9. The van der Waals surface area contributed by atoms with Gasteiger partial charge in [-0.05, 0) is 69.8 Å². The second kappa shape index (κ2) is 8.71. The summed E-state index contributed by atoms with van der Waals surface area (Å²) in [6.07, 6.45) is 6.39. The van der Waals surface area contributed by atoms with Crippen molar-refractivity contribution in [3.8, 4) is 0 Å². The Hall–Kier alpha value is -2.34. The summed E-state index contributed by atoms with van der Waals surface area (Å²) in [6, 6.07) is 8.22. The summed E-state index contributed by atoms with van der Waals surface area (Å²) in [6.45, 7) is 9.53. The third-order valence-electron chi connectivity index (χ3n) is 7.53. The molecule has 2 heterocycles. The van der Waals surface area contributed by atoms with Crippen LogP contribution in [0.3, 0.4) is 0 Å². The summed E-state index contributed by atoms with van der Waals surface area (Å²) in [7, 11) is 0. The number of hydrogen-bond acceptors (Lipinski definition) is 4. The second-order valence-electron chi connectivity index (χ2n) is 11.4. The van der Waals surface area contributed by atoms with Crippen LogP contribution in [0.25, 0.3) is 21.9 Å². The van der Waals surface area contributed by atoms with Gasteiger partial charge in [-0.1, -0.05) is 43.1 Å². The van der Waals surface area contributed by atoms with Crippen LogP contribution in [0.4, 0.5) is 4.79 Å². The van der Waals surface area contributed by atoms with E-state index >= 15 is 0 Å². The number of carbonyl (C=O) groups excluding carboxylic acids is 1. The minimum Gasteiger partial charge on any atom is -0.444 e. The number of amides is 1. The SMILES string of the molecule is CCCCc1nc2c(Cl)nc3ccccc3c2n1CC12CC(CNC(=O)OC(C)(C)C)C(C1)C2. The molecule has 1 amide bonds. The number of aromatic nitrogens is 3. The fourth-order valence-electron chi connectivity index (χ4n) is 6.11. The number of carbonyl (C=O) groups is 1. The van der Waals surface area contributed by atoms with Gasteiger partial charge in [0.05, 0.1) is 11.0 Å². The molecular weight excluding hydrogens is 448 g/mol. The first-order valence-corrected chi connectivity index (χ1v) is 13.0. The van der Waals surface area contributed by atoms with Crippen LogP contribution < -0.4 is 5.32 Å². The largest absolute Gasteiger partial charge is 0.444 e. The number of nitrogens with one attached hydrogen (secondary N) is 1. The molecule has 3 aliphatic rings. The van der Waals surface area contributed by atoms with Crippen LogP contribution in [0.2, 0.25) is 5.15 Å². The maximum atomic E-state index is 12.2. The number of para-hydroxylation sites is 1. The number of halogens is 1. The van der Waals surface area contributed by atoms with Crippen molar-refractivity contribution in [3.05, 3.63) is 35.2 Å². The van der Waals surface area contributed by atoms with Gasteiger partial charge in [0.1, 0.15) is 16.9 Å². The van der Waals surface area contributed by atoms with E-state index in [4.69, 9.17) is 21.3 Å². The number of alkyl carbamates (subject to hydrolysis) is 1. The predicted molar refractivity (Wildman–Crippen MR) is 136 cm³/mol. The van der Waals surface area contributed by atoms with Gasteiger partial charge in [0.15, 0.2) is 5.15 Å². The highest BCUT2D eigenvalue weighted by Gasteiger charge is 2.56. The summed E-state index contributed by atoms with van der Waals surface area (Å²) in [5, 5.41) is 4.61. The zero-order chi connectivity index (χ0) is 24.1. The molecule has 0 saturated heterocycles. The van der Waals surface area contributed by atoms with Crippen molar-refractivity contribution in [2.24, 2.45) is 17.3 Å². The van der Waals surface area contributed by atoms with Crippen LogP contribution in [0.1, 0.15) is 65.6 Å². The average molecular weight is 483 g/mol. The predicted octanol–water partition coefficient (Wildman–Crippen LogP) is 6.52. The quantitative estimate of drug-likeness (QED) is 0.389. The summed E-state index contributed by atoms with van der Waals surface area (Å²) < 4.78 is 7.87. The number of hydrogen-bond donors (Lipinski definition) is 1. The van der Waals surface area contributed by atoms with Gasteiger partial charge < -0.3 is 14.6 Å². The number of unbranched alkanes of at least 4 members (excludes halogenated alkanes) is 1. The van der Waals surface area contributed by atoms with Crippen LogP contribution in [0.5, 0.6) is 0 Å². The molecule has 3 aromatic rings. The lowest BCUT2D eigenvalue weighted by Crippen LogP contribution is -2.36. The molecule has 182 valence electrons. The van der Waals surface area contributed by atoms with Crippen LogP contribution in [0, 0.1) is 17.3 Å². The third-order valence-corrected chi connectivity index (χ3v) is 7.79. The van der Waals surface area contributed by atoms with Crippen LogP contribution >= 0.6 is 11.6 Å². The molecule has 0 spiro atoms. The Labute approximate surface area is 206 Å². The molecule has 6 rings (SSSR count). The van der Waals surface area contributed by atoms with Crippen molar-refractivity contribution >= 4 is 39.6 Å². The number of pyridine rings is 1. The van der Waals surface area contributed by atoms with E-state index in [1.54, 1.807) is 0 Å². The number of aryl methyl sites for hydroxylation is 1. The minimum atomic E-state index is -0.473. The monoisotopic (exact) mass is 482 g/mol. The first-order chi connectivity index (χ1) is 16.2. The van der Waals surface area contributed by atoms with E-state index in [0.717, 1.165) is 60.0 Å². The standard InChI is InChI=1S/C27H35ClN4O2/c1-5-6-11-21-31-22-23(19-9-7-8-10-20(19)30-24(22)28)32(21)16-27-12-17(13-27)18(14-27)15-29-25(33)34-26(2,3)4/h7-10,17-18H,5-6,11-16H2,1-4H3,(H,29,33). The van der Waals surface area contributed by atoms with Gasteiger partial charge in [-0.2, -0.15) is 0 Å². The van der Waals surface area contributed by atoms with Crippen molar-refractivity contribution in [2.45, 2.75) is 78.4 Å². The van der Waals surface area contributed by atoms with Gasteiger partial charge in [0, 0.05) is 24.9 Å². The Morgan fingerprint density at radius 3 is 2.74 bits per heavy atom. The molecule has 2 aromatic heterocycles. The van der Waals surface area contributed by atoms with Crippen molar-refractivity contribution in [3.63, 3.8) is 0 Å². The molecule has 3 saturated carbocycles. The molecule has 1 aromatic carbocycles. The van der Waals surface area contributed by atoms with Gasteiger partial charge in [-0.15, -0.1) is 0 Å². The molecule has 0 aliphatic heterocycles. The van der Waals surface area contributed by atoms with Crippen molar-refractivity contribution in [1.82, 2.24) is 19.9 Å². The van der Waals surface area contributed by atoms with Crippen LogP contribution in [-0.2, 0) is 17.7 Å². The maximum absolute atomic E-state index is 12.2. The minimum absolute atomic E-state index is 0.260. The Bertz CT molecular complexity index is 1220. The van der Waals surface area contributed by atoms with Gasteiger partial charge in [-0.3, -0.25) is 0 Å². The van der Waals surface area contributed by atoms with Gasteiger partial charge in [0.2, 0.25) is 0 Å². The van der Waals surface area contributed by atoms with Gasteiger partial charge in [0.25, 0.3) is 0 Å². The molecule has 1 unspecified atom stereocenters. The molecular formula is C27H35ClN4O2. The average Bonchev–Trinajstić information content (AvgIpc) is 3.39. The highest BCUT2D eigenvalue weighted by Crippen LogP contribution is 2.62. The third kappa shape index (κ3) is 4.37. The Kier molecular flexibility index (Phi) is 5.99. The van der Waals surface area contributed by atoms with E-state index in [-0.39, 0.29) is 11.5 Å². The molecule has 3 fully saturated rings. The Balaban J connectivity index is 1.40. The number of fused-ring (bicyclic) bond motifs is 4. The molecule has 1 atom stereocenters. The highest BCUT2D eigenvalue weighted by atomic mass is 35.5. The van der Waals surface area contributed by atoms with Crippen LogP contribution in [-0.4, -0.2) is 32.8 Å². The summed E-state index contributed by atoms with van der Waals surface area (Å²) >= 11 is 6.62. The number of ether oxygens (including phenoxy) is 1. The molecule has 3 aliphatic carbocycles. The number of nitrogens with zero attached hydrogens (tertiary/aromatic N) is 3. The number of rotatable bonds is 7. The highest BCUT2D eigenvalue weighted by molar-refractivity contribution is 6.35. The summed E-state index contributed by atoms with van der Waals surface area (Å²) in [5.41, 5.74) is 2.64. The van der Waals surface area contributed by atoms with Crippen molar-refractivity contribution in [2.75, 3.05) is 6.54 Å². The lowest BCUT2D eigenvalue weighted by atomic mass is 9.69. The topological polar surface area (TPSA) is 69.0 Å². The van der Waals surface area contributed by atoms with Gasteiger partial charge in [-0.25, -0.2) is 14.8 Å². The fraction of sp³-hybridized carbons (Fsp3) is 0.593. The molecule has 34 heavy (non-hydrogen) atoms. The van der Waals surface area contributed by atoms with E-state index in [9.17, 15) is 4.79 Å². The van der Waals surface area contributed by atoms with E-state index in [1.807, 2.05) is 32.9 Å². The van der Waals surface area contributed by atoms with Gasteiger partial charge >= 0.3 is 6.09 Å². The van der Waals surface area contributed by atoms with Crippen LogP contribution in [0.15, 0.2) is 24.3 Å².